The van der Waals surface area contributed by atoms with Gasteiger partial charge in [0.25, 0.3) is 0 Å². The van der Waals surface area contributed by atoms with Crippen molar-refractivity contribution in [2.24, 2.45) is 0 Å². The van der Waals surface area contributed by atoms with Gasteiger partial charge in [-0.2, -0.15) is 0 Å². The summed E-state index contributed by atoms with van der Waals surface area (Å²) in [5.41, 5.74) is 0. The summed E-state index contributed by atoms with van der Waals surface area (Å²) in [5, 5.41) is 0. The van der Waals surface area contributed by atoms with Gasteiger partial charge in [-0.25, -0.2) is 13.1 Å². The highest BCUT2D eigenvalue weighted by Gasteiger charge is 2.07. The summed E-state index contributed by atoms with van der Waals surface area (Å²) in [6, 6.07) is 0. The number of nitrogens with one attached hydrogen (secondary N) is 1. The van der Waals surface area contributed by atoms with Gasteiger partial charge in [-0.15, -0.1) is 0 Å². The average Bonchev–Trinajstić information content (AvgIpc) is 2.20. The molecule has 1 N–H and O–H groups in total. The molecule has 0 saturated heterocycles. The maximum Gasteiger partial charge on any atom is 0.211 e. The lowest BCUT2D eigenvalue weighted by molar-refractivity contribution is 0.568. The lowest BCUT2D eigenvalue weighted by Crippen LogP contribution is -2.27. The Morgan fingerprint density at radius 1 is 0.867 bits per heavy atom. The molecule has 0 aromatic heterocycles. The number of hydrogen-bond donors (Lipinski definition) is 1. The third-order valence-electron chi connectivity index (χ3n) is 2.37. The van der Waals surface area contributed by atoms with Crippen LogP contribution in [0.5, 0.6) is 0 Å². The van der Waals surface area contributed by atoms with Gasteiger partial charge in [0.2, 0.25) is 10.0 Å². The highest BCUT2D eigenvalue weighted by atomic mass is 32.2. The molecule has 0 amide bonds. The number of unbranched alkanes of at least 4 members (excludes halogenated alkanes) is 5. The van der Waals surface area contributed by atoms with Gasteiger partial charge in [0, 0.05) is 6.54 Å². The van der Waals surface area contributed by atoms with Crippen molar-refractivity contribution in [1.29, 1.82) is 0 Å². The van der Waals surface area contributed by atoms with Crippen molar-refractivity contribution in [3.63, 3.8) is 0 Å². The molecule has 0 aliphatic carbocycles. The van der Waals surface area contributed by atoms with Crippen LogP contribution in [0.4, 0.5) is 0 Å². The Hall–Kier alpha value is -0.0900. The van der Waals surface area contributed by atoms with E-state index in [-0.39, 0.29) is 5.75 Å². The van der Waals surface area contributed by atoms with E-state index in [1.54, 1.807) is 0 Å². The molecule has 0 aliphatic heterocycles. The Bertz CT molecular complexity index is 225. The van der Waals surface area contributed by atoms with E-state index in [4.69, 9.17) is 0 Å². The van der Waals surface area contributed by atoms with Crippen molar-refractivity contribution < 1.29 is 8.42 Å². The third kappa shape index (κ3) is 10.2. The van der Waals surface area contributed by atoms with Crippen LogP contribution in [0.15, 0.2) is 0 Å². The summed E-state index contributed by atoms with van der Waals surface area (Å²) >= 11 is 0. The lowest BCUT2D eigenvalue weighted by atomic mass is 10.2. The highest BCUT2D eigenvalue weighted by molar-refractivity contribution is 7.89. The predicted molar refractivity (Wildman–Crippen MR) is 65.5 cm³/mol. The zero-order valence-electron chi connectivity index (χ0n) is 10.1. The van der Waals surface area contributed by atoms with Gasteiger partial charge >= 0.3 is 0 Å². The lowest BCUT2D eigenvalue weighted by Gasteiger charge is -2.05. The van der Waals surface area contributed by atoms with Crippen molar-refractivity contribution in [3.8, 4) is 0 Å². The Morgan fingerprint density at radius 3 is 2.07 bits per heavy atom. The van der Waals surface area contributed by atoms with Crippen LogP contribution in [0.2, 0.25) is 0 Å². The quantitative estimate of drug-likeness (QED) is 0.592. The van der Waals surface area contributed by atoms with Crippen molar-refractivity contribution in [3.05, 3.63) is 0 Å². The highest BCUT2D eigenvalue weighted by Crippen LogP contribution is 2.02. The zero-order valence-corrected chi connectivity index (χ0v) is 10.9. The predicted octanol–water partition coefficient (Wildman–Crippen LogP) is 2.68. The molecule has 0 rings (SSSR count). The first-order valence-corrected chi connectivity index (χ1v) is 7.75. The van der Waals surface area contributed by atoms with E-state index in [2.05, 4.69) is 11.6 Å². The molecule has 0 atom stereocenters. The molecule has 92 valence electrons. The van der Waals surface area contributed by atoms with Crippen molar-refractivity contribution in [1.82, 2.24) is 4.72 Å². The number of sulfonamides is 1. The Kier molecular flexibility index (Phi) is 9.10. The molecule has 0 aromatic rings. The van der Waals surface area contributed by atoms with Crippen LogP contribution in [-0.2, 0) is 10.0 Å². The van der Waals surface area contributed by atoms with Gasteiger partial charge in [-0.05, 0) is 12.8 Å². The van der Waals surface area contributed by atoms with Gasteiger partial charge in [0.1, 0.15) is 0 Å². The molecule has 0 aromatic carbocycles. The topological polar surface area (TPSA) is 46.2 Å². The van der Waals surface area contributed by atoms with Crippen LogP contribution in [-0.4, -0.2) is 20.7 Å². The molecule has 0 unspecified atom stereocenters. The van der Waals surface area contributed by atoms with Crippen LogP contribution in [0, 0.1) is 0 Å². The smallest absolute Gasteiger partial charge is 0.211 e. The molecule has 3 nitrogen and oxygen atoms in total. The fourth-order valence-corrected chi connectivity index (χ4v) is 2.63. The summed E-state index contributed by atoms with van der Waals surface area (Å²) < 4.78 is 25.4. The second-order valence-corrected chi connectivity index (χ2v) is 5.91. The van der Waals surface area contributed by atoms with Crippen LogP contribution in [0.1, 0.15) is 58.8 Å². The van der Waals surface area contributed by atoms with E-state index in [1.165, 1.54) is 19.3 Å². The first kappa shape index (κ1) is 14.9. The third-order valence-corrected chi connectivity index (χ3v) is 3.84. The average molecular weight is 235 g/mol. The van der Waals surface area contributed by atoms with E-state index in [1.807, 2.05) is 6.92 Å². The normalized spacial score (nSPS) is 11.9. The standard InChI is InChI=1S/C11H25NO2S/c1-3-5-7-8-9-10-12-15(13,14)11-6-4-2/h12H,3-11H2,1-2H3. The van der Waals surface area contributed by atoms with E-state index < -0.39 is 10.0 Å². The van der Waals surface area contributed by atoms with Crippen LogP contribution >= 0.6 is 0 Å². The molecule has 0 radical (unpaired) electrons. The molecule has 0 bridgehead atoms. The van der Waals surface area contributed by atoms with Gasteiger partial charge in [0.05, 0.1) is 5.75 Å². The number of hydrogen-bond acceptors (Lipinski definition) is 2. The van der Waals surface area contributed by atoms with Gasteiger partial charge < -0.3 is 0 Å². The molecular weight excluding hydrogens is 210 g/mol. The largest absolute Gasteiger partial charge is 0.215 e. The SMILES string of the molecule is CCCCCCCNS(=O)(=O)CCCC. The van der Waals surface area contributed by atoms with E-state index in [0.29, 0.717) is 6.54 Å². The Labute approximate surface area is 94.7 Å². The molecular formula is C11H25NO2S. The summed E-state index contributed by atoms with van der Waals surface area (Å²) in [4.78, 5) is 0. The molecule has 0 spiro atoms. The van der Waals surface area contributed by atoms with Gasteiger partial charge in [-0.3, -0.25) is 0 Å². The monoisotopic (exact) mass is 235 g/mol. The van der Waals surface area contributed by atoms with Crippen LogP contribution in [0.3, 0.4) is 0 Å². The first-order valence-electron chi connectivity index (χ1n) is 6.09. The van der Waals surface area contributed by atoms with Gasteiger partial charge in [-0.1, -0.05) is 46.0 Å². The first-order chi connectivity index (χ1) is 7.12. The van der Waals surface area contributed by atoms with Crippen molar-refractivity contribution in [2.75, 3.05) is 12.3 Å². The summed E-state index contributed by atoms with van der Waals surface area (Å²) in [6.07, 6.45) is 7.47. The zero-order chi connectivity index (χ0) is 11.6. The minimum absolute atomic E-state index is 0.276. The Morgan fingerprint density at radius 2 is 1.47 bits per heavy atom. The molecule has 0 fully saturated rings. The summed E-state index contributed by atoms with van der Waals surface area (Å²) in [5.74, 6) is 0.276. The molecule has 4 heteroatoms. The second-order valence-electron chi connectivity index (χ2n) is 3.98. The minimum atomic E-state index is -2.99. The number of rotatable bonds is 10. The summed E-state index contributed by atoms with van der Waals surface area (Å²) in [7, 11) is -2.99. The van der Waals surface area contributed by atoms with Crippen LogP contribution < -0.4 is 4.72 Å². The van der Waals surface area contributed by atoms with Crippen molar-refractivity contribution >= 4 is 10.0 Å². The van der Waals surface area contributed by atoms with E-state index in [0.717, 1.165) is 25.7 Å². The summed E-state index contributed by atoms with van der Waals surface area (Å²) in [6.45, 7) is 4.78. The molecule has 0 saturated carbocycles. The fourth-order valence-electron chi connectivity index (χ4n) is 1.36. The minimum Gasteiger partial charge on any atom is -0.215 e. The molecule has 0 heterocycles. The second kappa shape index (κ2) is 9.16. The Balaban J connectivity index is 3.41. The maximum atomic E-state index is 11.4. The van der Waals surface area contributed by atoms with E-state index in [9.17, 15) is 8.42 Å². The van der Waals surface area contributed by atoms with Gasteiger partial charge in [0.15, 0.2) is 0 Å². The van der Waals surface area contributed by atoms with E-state index >= 15 is 0 Å². The molecule has 15 heavy (non-hydrogen) atoms. The maximum absolute atomic E-state index is 11.4. The van der Waals surface area contributed by atoms with Crippen LogP contribution in [0.25, 0.3) is 0 Å². The van der Waals surface area contributed by atoms with Crippen molar-refractivity contribution in [2.45, 2.75) is 58.8 Å². The fraction of sp³-hybridized carbons (Fsp3) is 1.00. The molecule has 0 aliphatic rings.